The fourth-order valence-corrected chi connectivity index (χ4v) is 2.78. The fraction of sp³-hybridized carbons (Fsp3) is 0.636. The average molecular weight is 196 g/mol. The molecule has 72 valence electrons. The van der Waals surface area contributed by atoms with Gasteiger partial charge >= 0.3 is 0 Å². The summed E-state index contributed by atoms with van der Waals surface area (Å²) in [4.78, 5) is 0. The summed E-state index contributed by atoms with van der Waals surface area (Å²) in [5.41, 5.74) is 2.40. The van der Waals surface area contributed by atoms with Crippen molar-refractivity contribution in [2.75, 3.05) is 0 Å². The molecule has 0 aromatic carbocycles. The molecule has 1 nitrogen and oxygen atoms in total. The van der Waals surface area contributed by atoms with Crippen molar-refractivity contribution in [3.8, 4) is 0 Å². The van der Waals surface area contributed by atoms with Crippen LogP contribution in [0, 0.1) is 12.8 Å². The first kappa shape index (κ1) is 9.22. The van der Waals surface area contributed by atoms with Crippen LogP contribution in [0.25, 0.3) is 0 Å². The number of hydrogen-bond acceptors (Lipinski definition) is 2. The molecule has 1 N–H and O–H groups in total. The molecule has 0 amide bonds. The molecule has 1 aliphatic carbocycles. The summed E-state index contributed by atoms with van der Waals surface area (Å²) in [5, 5.41) is 14.1. The highest BCUT2D eigenvalue weighted by atomic mass is 32.1. The largest absolute Gasteiger partial charge is 0.388 e. The van der Waals surface area contributed by atoms with Crippen LogP contribution < -0.4 is 0 Å². The van der Waals surface area contributed by atoms with E-state index in [1.807, 2.05) is 0 Å². The first-order chi connectivity index (χ1) is 6.27. The molecule has 1 heterocycles. The third kappa shape index (κ3) is 1.94. The number of aliphatic hydroxyl groups is 1. The van der Waals surface area contributed by atoms with E-state index < -0.39 is 0 Å². The van der Waals surface area contributed by atoms with Gasteiger partial charge in [-0.1, -0.05) is 19.3 Å². The Labute approximate surface area is 83.4 Å². The molecule has 1 saturated carbocycles. The van der Waals surface area contributed by atoms with Gasteiger partial charge in [-0.05, 0) is 41.1 Å². The van der Waals surface area contributed by atoms with Gasteiger partial charge in [-0.3, -0.25) is 0 Å². The van der Waals surface area contributed by atoms with Crippen molar-refractivity contribution >= 4 is 11.3 Å². The van der Waals surface area contributed by atoms with Crippen LogP contribution in [0.3, 0.4) is 0 Å². The predicted octanol–water partition coefficient (Wildman–Crippen LogP) is 3.28. The van der Waals surface area contributed by atoms with E-state index in [4.69, 9.17) is 0 Å². The maximum atomic E-state index is 9.93. The van der Waals surface area contributed by atoms with E-state index in [0.29, 0.717) is 0 Å². The number of rotatable bonds is 3. The molecule has 1 aliphatic rings. The topological polar surface area (TPSA) is 20.2 Å². The third-order valence-corrected chi connectivity index (χ3v) is 3.92. The van der Waals surface area contributed by atoms with E-state index >= 15 is 0 Å². The van der Waals surface area contributed by atoms with Crippen LogP contribution in [0.4, 0.5) is 0 Å². The van der Waals surface area contributed by atoms with Gasteiger partial charge in [0.25, 0.3) is 0 Å². The molecule has 1 aromatic rings. The van der Waals surface area contributed by atoms with Crippen LogP contribution in [-0.2, 0) is 0 Å². The summed E-state index contributed by atoms with van der Waals surface area (Å²) >= 11 is 1.69. The van der Waals surface area contributed by atoms with E-state index in [2.05, 4.69) is 17.7 Å². The monoisotopic (exact) mass is 196 g/mol. The maximum absolute atomic E-state index is 9.93. The second-order valence-electron chi connectivity index (χ2n) is 4.06. The molecule has 1 fully saturated rings. The highest BCUT2D eigenvalue weighted by Crippen LogP contribution is 2.36. The summed E-state index contributed by atoms with van der Waals surface area (Å²) in [6, 6.07) is 0. The third-order valence-electron chi connectivity index (χ3n) is 3.04. The number of aliphatic hydroxyl groups excluding tert-OH is 1. The normalized spacial score (nSPS) is 19.8. The maximum Gasteiger partial charge on any atom is 0.0803 e. The van der Waals surface area contributed by atoms with Gasteiger partial charge < -0.3 is 5.11 Å². The van der Waals surface area contributed by atoms with Gasteiger partial charge in [0.2, 0.25) is 0 Å². The van der Waals surface area contributed by atoms with Crippen LogP contribution in [0.2, 0.25) is 0 Å². The van der Waals surface area contributed by atoms with E-state index in [9.17, 15) is 5.11 Å². The van der Waals surface area contributed by atoms with Crippen molar-refractivity contribution in [2.24, 2.45) is 5.92 Å². The SMILES string of the molecule is Cc1cscc1C(O)CC1CCC1. The minimum atomic E-state index is -0.212. The van der Waals surface area contributed by atoms with Crippen molar-refractivity contribution in [3.63, 3.8) is 0 Å². The molecule has 0 saturated heterocycles. The van der Waals surface area contributed by atoms with Gasteiger partial charge in [0.15, 0.2) is 0 Å². The van der Waals surface area contributed by atoms with E-state index in [1.165, 1.54) is 24.8 Å². The Morgan fingerprint density at radius 3 is 2.77 bits per heavy atom. The Balaban J connectivity index is 1.96. The Kier molecular flexibility index (Phi) is 2.70. The zero-order valence-electron chi connectivity index (χ0n) is 7.99. The number of thiophene rings is 1. The van der Waals surface area contributed by atoms with Crippen molar-refractivity contribution in [1.29, 1.82) is 0 Å². The molecule has 0 radical (unpaired) electrons. The van der Waals surface area contributed by atoms with Gasteiger partial charge in [0.05, 0.1) is 6.10 Å². The van der Waals surface area contributed by atoms with Crippen molar-refractivity contribution < 1.29 is 5.11 Å². The first-order valence-electron chi connectivity index (χ1n) is 4.98. The lowest BCUT2D eigenvalue weighted by atomic mass is 9.80. The van der Waals surface area contributed by atoms with Crippen LogP contribution in [0.15, 0.2) is 10.8 Å². The number of hydrogen-bond donors (Lipinski definition) is 1. The van der Waals surface area contributed by atoms with Crippen molar-refractivity contribution in [2.45, 2.75) is 38.7 Å². The fourth-order valence-electron chi connectivity index (χ4n) is 1.88. The molecule has 2 rings (SSSR count). The molecular formula is C11H16OS. The van der Waals surface area contributed by atoms with Crippen LogP contribution in [0.5, 0.6) is 0 Å². The highest BCUT2D eigenvalue weighted by molar-refractivity contribution is 7.08. The first-order valence-corrected chi connectivity index (χ1v) is 5.92. The Bertz CT molecular complexity index is 275. The second-order valence-corrected chi connectivity index (χ2v) is 4.80. The lowest BCUT2D eigenvalue weighted by molar-refractivity contribution is 0.118. The van der Waals surface area contributed by atoms with Crippen molar-refractivity contribution in [3.05, 3.63) is 21.9 Å². The lowest BCUT2D eigenvalue weighted by Crippen LogP contribution is -2.14. The standard InChI is InChI=1S/C11H16OS/c1-8-6-13-7-10(8)11(12)5-9-3-2-4-9/h6-7,9,11-12H,2-5H2,1H3. The van der Waals surface area contributed by atoms with Gasteiger partial charge in [-0.2, -0.15) is 11.3 Å². The highest BCUT2D eigenvalue weighted by Gasteiger charge is 2.22. The minimum Gasteiger partial charge on any atom is -0.388 e. The van der Waals surface area contributed by atoms with Gasteiger partial charge in [-0.25, -0.2) is 0 Å². The lowest BCUT2D eigenvalue weighted by Gasteiger charge is -2.27. The summed E-state index contributed by atoms with van der Waals surface area (Å²) < 4.78 is 0. The van der Waals surface area contributed by atoms with Crippen LogP contribution in [-0.4, -0.2) is 5.11 Å². The number of aryl methyl sites for hydroxylation is 1. The summed E-state index contributed by atoms with van der Waals surface area (Å²) in [5.74, 6) is 0.786. The van der Waals surface area contributed by atoms with Gasteiger partial charge in [-0.15, -0.1) is 0 Å². The molecule has 0 aliphatic heterocycles. The Morgan fingerprint density at radius 1 is 1.54 bits per heavy atom. The molecule has 1 atom stereocenters. The quantitative estimate of drug-likeness (QED) is 0.786. The summed E-state index contributed by atoms with van der Waals surface area (Å²) in [6.07, 6.45) is 4.76. The average Bonchev–Trinajstić information content (AvgIpc) is 2.43. The Hall–Kier alpha value is -0.340. The molecule has 1 unspecified atom stereocenters. The molecule has 0 bridgehead atoms. The summed E-state index contributed by atoms with van der Waals surface area (Å²) in [7, 11) is 0. The smallest absolute Gasteiger partial charge is 0.0803 e. The molecular weight excluding hydrogens is 180 g/mol. The van der Waals surface area contributed by atoms with E-state index in [0.717, 1.165) is 17.9 Å². The minimum absolute atomic E-state index is 0.212. The predicted molar refractivity (Wildman–Crippen MR) is 56.0 cm³/mol. The zero-order chi connectivity index (χ0) is 9.26. The van der Waals surface area contributed by atoms with Gasteiger partial charge in [0, 0.05) is 0 Å². The van der Waals surface area contributed by atoms with Gasteiger partial charge in [0.1, 0.15) is 0 Å². The van der Waals surface area contributed by atoms with E-state index in [1.54, 1.807) is 11.3 Å². The van der Waals surface area contributed by atoms with Crippen LogP contribution >= 0.6 is 11.3 Å². The second kappa shape index (κ2) is 3.81. The molecule has 2 heteroatoms. The van der Waals surface area contributed by atoms with Crippen molar-refractivity contribution in [1.82, 2.24) is 0 Å². The van der Waals surface area contributed by atoms with E-state index in [-0.39, 0.29) is 6.10 Å². The summed E-state index contributed by atoms with van der Waals surface area (Å²) in [6.45, 7) is 2.08. The van der Waals surface area contributed by atoms with Crippen LogP contribution in [0.1, 0.15) is 42.9 Å². The molecule has 0 spiro atoms. The molecule has 1 aromatic heterocycles. The molecule has 13 heavy (non-hydrogen) atoms. The zero-order valence-corrected chi connectivity index (χ0v) is 8.81. The Morgan fingerprint density at radius 2 is 2.31 bits per heavy atom.